The molecule has 0 heterocycles. The molecule has 0 unspecified atom stereocenters. The summed E-state index contributed by atoms with van der Waals surface area (Å²) in [5, 5.41) is 0. The first-order valence-corrected chi connectivity index (χ1v) is 2.35. The fraction of sp³-hybridized carbons (Fsp3) is 0. The number of benzene rings is 1. The second-order valence-corrected chi connectivity index (χ2v) is 1.43. The molecule has 0 saturated carbocycles. The SMILES string of the molecule is NOc1ccccc1.[Zn]. The fourth-order valence-electron chi connectivity index (χ4n) is 0.499. The van der Waals surface area contributed by atoms with Crippen molar-refractivity contribution in [2.24, 2.45) is 5.90 Å². The van der Waals surface area contributed by atoms with Crippen molar-refractivity contribution in [3.05, 3.63) is 30.3 Å². The van der Waals surface area contributed by atoms with Crippen LogP contribution in [0.2, 0.25) is 0 Å². The van der Waals surface area contributed by atoms with Gasteiger partial charge in [0.15, 0.2) is 0 Å². The first-order chi connectivity index (χ1) is 3.93. The summed E-state index contributed by atoms with van der Waals surface area (Å²) >= 11 is 0. The van der Waals surface area contributed by atoms with Crippen molar-refractivity contribution in [1.82, 2.24) is 0 Å². The zero-order chi connectivity index (χ0) is 5.82. The average Bonchev–Trinajstić information content (AvgIpc) is 1.90. The van der Waals surface area contributed by atoms with Gasteiger partial charge in [-0.2, -0.15) is 5.90 Å². The van der Waals surface area contributed by atoms with Gasteiger partial charge in [0.2, 0.25) is 0 Å². The molecule has 0 amide bonds. The van der Waals surface area contributed by atoms with E-state index in [0.29, 0.717) is 5.75 Å². The Morgan fingerprint density at radius 1 is 1.11 bits per heavy atom. The van der Waals surface area contributed by atoms with Crippen LogP contribution in [0.4, 0.5) is 0 Å². The van der Waals surface area contributed by atoms with Crippen molar-refractivity contribution in [2.75, 3.05) is 0 Å². The van der Waals surface area contributed by atoms with Crippen molar-refractivity contribution in [3.8, 4) is 5.75 Å². The molecule has 0 aliphatic rings. The van der Waals surface area contributed by atoms with E-state index in [1.54, 1.807) is 12.1 Å². The Morgan fingerprint density at radius 2 is 1.67 bits per heavy atom. The molecule has 2 nitrogen and oxygen atoms in total. The third-order valence-corrected chi connectivity index (χ3v) is 0.879. The second kappa shape index (κ2) is 4.48. The van der Waals surface area contributed by atoms with Gasteiger partial charge in [-0.1, -0.05) is 18.2 Å². The molecule has 0 aromatic heterocycles. The first kappa shape index (κ1) is 8.60. The van der Waals surface area contributed by atoms with Crippen molar-refractivity contribution in [2.45, 2.75) is 0 Å². The average molecular weight is 175 g/mol. The molecule has 1 rings (SSSR count). The summed E-state index contributed by atoms with van der Waals surface area (Å²) in [7, 11) is 0. The molecule has 0 atom stereocenters. The molecule has 0 fully saturated rings. The van der Waals surface area contributed by atoms with E-state index in [1.165, 1.54) is 0 Å². The van der Waals surface area contributed by atoms with E-state index in [-0.39, 0.29) is 19.5 Å². The number of para-hydroxylation sites is 1. The van der Waals surface area contributed by atoms with Gasteiger partial charge < -0.3 is 4.84 Å². The molecule has 1 aromatic rings. The molecule has 44 valence electrons. The minimum absolute atomic E-state index is 0. The zero-order valence-corrected chi connectivity index (χ0v) is 8.05. The maximum absolute atomic E-state index is 4.85. The van der Waals surface area contributed by atoms with Crippen LogP contribution in [0.3, 0.4) is 0 Å². The van der Waals surface area contributed by atoms with Crippen molar-refractivity contribution < 1.29 is 24.3 Å². The van der Waals surface area contributed by atoms with E-state index < -0.39 is 0 Å². The Hall–Kier alpha value is -0.397. The molecule has 9 heavy (non-hydrogen) atoms. The summed E-state index contributed by atoms with van der Waals surface area (Å²) in [6.45, 7) is 0. The molecule has 0 aliphatic carbocycles. The van der Waals surface area contributed by atoms with Gasteiger partial charge in [0.1, 0.15) is 5.75 Å². The van der Waals surface area contributed by atoms with Gasteiger partial charge in [0.25, 0.3) is 0 Å². The van der Waals surface area contributed by atoms with Crippen molar-refractivity contribution in [3.63, 3.8) is 0 Å². The van der Waals surface area contributed by atoms with Crippen LogP contribution < -0.4 is 10.7 Å². The summed E-state index contributed by atoms with van der Waals surface area (Å²) < 4.78 is 0. The summed E-state index contributed by atoms with van der Waals surface area (Å²) in [5.74, 6) is 5.54. The zero-order valence-electron chi connectivity index (χ0n) is 5.08. The molecular formula is C6H7NOZn. The second-order valence-electron chi connectivity index (χ2n) is 1.43. The molecule has 0 spiro atoms. The van der Waals surface area contributed by atoms with Crippen molar-refractivity contribution >= 4 is 0 Å². The van der Waals surface area contributed by atoms with Crippen LogP contribution in [0.5, 0.6) is 5.75 Å². The van der Waals surface area contributed by atoms with E-state index in [2.05, 4.69) is 4.84 Å². The molecule has 0 saturated heterocycles. The Bertz CT molecular complexity index is 154. The van der Waals surface area contributed by atoms with Gasteiger partial charge in [-0.15, -0.1) is 0 Å². The fourth-order valence-corrected chi connectivity index (χ4v) is 0.499. The minimum Gasteiger partial charge on any atom is -0.412 e. The van der Waals surface area contributed by atoms with E-state index in [1.807, 2.05) is 18.2 Å². The Labute approximate surface area is 66.7 Å². The quantitative estimate of drug-likeness (QED) is 0.508. The molecule has 1 aromatic carbocycles. The molecule has 0 bridgehead atoms. The third-order valence-electron chi connectivity index (χ3n) is 0.879. The van der Waals surface area contributed by atoms with Crippen molar-refractivity contribution in [1.29, 1.82) is 0 Å². The van der Waals surface area contributed by atoms with Crippen LogP contribution in [0.15, 0.2) is 30.3 Å². The molecular weight excluding hydrogens is 167 g/mol. The largest absolute Gasteiger partial charge is 0.412 e. The van der Waals surface area contributed by atoms with Crippen LogP contribution in [0, 0.1) is 0 Å². The maximum Gasteiger partial charge on any atom is 0.146 e. The van der Waals surface area contributed by atoms with Gasteiger partial charge in [-0.3, -0.25) is 0 Å². The van der Waals surface area contributed by atoms with E-state index in [9.17, 15) is 0 Å². The molecule has 0 radical (unpaired) electrons. The van der Waals surface area contributed by atoms with E-state index in [4.69, 9.17) is 5.90 Å². The van der Waals surface area contributed by atoms with Crippen LogP contribution in [0.1, 0.15) is 0 Å². The van der Waals surface area contributed by atoms with Gasteiger partial charge in [-0.25, -0.2) is 0 Å². The predicted molar refractivity (Wildman–Crippen MR) is 31.3 cm³/mol. The van der Waals surface area contributed by atoms with Gasteiger partial charge in [0, 0.05) is 19.5 Å². The standard InChI is InChI=1S/C6H7NO.Zn/c7-8-6-4-2-1-3-5-6;/h1-5H,7H2;. The Kier molecular flexibility index (Phi) is 4.28. The molecule has 2 N–H and O–H groups in total. The van der Waals surface area contributed by atoms with Gasteiger partial charge in [-0.05, 0) is 12.1 Å². The van der Waals surface area contributed by atoms with E-state index >= 15 is 0 Å². The Balaban J connectivity index is 0.000000640. The number of hydrogen-bond acceptors (Lipinski definition) is 2. The van der Waals surface area contributed by atoms with Crippen LogP contribution >= 0.6 is 0 Å². The first-order valence-electron chi connectivity index (χ1n) is 2.35. The topological polar surface area (TPSA) is 35.2 Å². The molecule has 3 heteroatoms. The smallest absolute Gasteiger partial charge is 0.146 e. The van der Waals surface area contributed by atoms with E-state index in [0.717, 1.165) is 0 Å². The molecule has 0 aliphatic heterocycles. The van der Waals surface area contributed by atoms with Gasteiger partial charge >= 0.3 is 0 Å². The monoisotopic (exact) mass is 173 g/mol. The third kappa shape index (κ3) is 2.59. The number of hydrogen-bond donors (Lipinski definition) is 1. The van der Waals surface area contributed by atoms with Gasteiger partial charge in [0.05, 0.1) is 0 Å². The number of rotatable bonds is 1. The summed E-state index contributed by atoms with van der Waals surface area (Å²) in [6.07, 6.45) is 0. The number of nitrogens with two attached hydrogens (primary N) is 1. The van der Waals surface area contributed by atoms with Crippen LogP contribution in [-0.2, 0) is 19.5 Å². The van der Waals surface area contributed by atoms with Crippen LogP contribution in [-0.4, -0.2) is 0 Å². The maximum atomic E-state index is 4.85. The minimum atomic E-state index is 0. The predicted octanol–water partition coefficient (Wildman–Crippen LogP) is 0.937. The summed E-state index contributed by atoms with van der Waals surface area (Å²) in [6, 6.07) is 9.22. The summed E-state index contributed by atoms with van der Waals surface area (Å²) in [4.78, 5) is 4.41. The Morgan fingerprint density at radius 3 is 2.00 bits per heavy atom. The summed E-state index contributed by atoms with van der Waals surface area (Å²) in [5.41, 5.74) is 0. The normalized spacial score (nSPS) is 7.67. The van der Waals surface area contributed by atoms with Crippen LogP contribution in [0.25, 0.3) is 0 Å².